The van der Waals surface area contributed by atoms with Gasteiger partial charge >= 0.3 is 6.03 Å². The van der Waals surface area contributed by atoms with Gasteiger partial charge in [0.05, 0.1) is 0 Å². The molecule has 2 N–H and O–H groups in total. The van der Waals surface area contributed by atoms with Gasteiger partial charge in [-0.3, -0.25) is 0 Å². The average Bonchev–Trinajstić information content (AvgIpc) is 2.57. The molecular formula is C18H28N2O2S. The van der Waals surface area contributed by atoms with Gasteiger partial charge in [-0.1, -0.05) is 25.1 Å². The Balaban J connectivity index is 1.71. The summed E-state index contributed by atoms with van der Waals surface area (Å²) in [4.78, 5) is 15.4. The van der Waals surface area contributed by atoms with E-state index in [2.05, 4.69) is 36.5 Å². The van der Waals surface area contributed by atoms with Crippen LogP contribution < -0.4 is 5.32 Å². The van der Waals surface area contributed by atoms with E-state index in [-0.39, 0.29) is 18.6 Å². The molecule has 0 aromatic heterocycles. The SMILES string of the molecule is Cc1ccccc1SC1CCN(C(=O)NCC[C@@H](C)CO)CC1. The van der Waals surface area contributed by atoms with Gasteiger partial charge in [-0.25, -0.2) is 4.79 Å². The largest absolute Gasteiger partial charge is 0.396 e. The predicted molar refractivity (Wildman–Crippen MR) is 95.9 cm³/mol. The van der Waals surface area contributed by atoms with Crippen molar-refractivity contribution in [2.24, 2.45) is 5.92 Å². The normalized spacial score (nSPS) is 17.1. The van der Waals surface area contributed by atoms with Crippen LogP contribution in [0, 0.1) is 12.8 Å². The molecule has 1 aliphatic rings. The number of likely N-dealkylation sites (tertiary alicyclic amines) is 1. The van der Waals surface area contributed by atoms with Gasteiger partial charge in [-0.15, -0.1) is 11.8 Å². The van der Waals surface area contributed by atoms with E-state index in [0.29, 0.717) is 11.8 Å². The van der Waals surface area contributed by atoms with E-state index in [4.69, 9.17) is 5.11 Å². The second-order valence-electron chi connectivity index (χ2n) is 6.38. The number of rotatable bonds is 6. The number of aliphatic hydroxyl groups excluding tert-OH is 1. The van der Waals surface area contributed by atoms with Crippen LogP contribution in [0.5, 0.6) is 0 Å². The summed E-state index contributed by atoms with van der Waals surface area (Å²) in [5.74, 6) is 0.242. The fraction of sp³-hybridized carbons (Fsp3) is 0.611. The second-order valence-corrected chi connectivity index (χ2v) is 7.72. The van der Waals surface area contributed by atoms with Crippen molar-refractivity contribution in [2.45, 2.75) is 43.3 Å². The lowest BCUT2D eigenvalue weighted by atomic mass is 10.1. The van der Waals surface area contributed by atoms with E-state index in [9.17, 15) is 4.79 Å². The Morgan fingerprint density at radius 2 is 2.09 bits per heavy atom. The van der Waals surface area contributed by atoms with Crippen LogP contribution in [-0.2, 0) is 0 Å². The molecule has 0 saturated carbocycles. The van der Waals surface area contributed by atoms with Crippen molar-refractivity contribution in [2.75, 3.05) is 26.2 Å². The number of benzene rings is 1. The van der Waals surface area contributed by atoms with Crippen LogP contribution >= 0.6 is 11.8 Å². The quantitative estimate of drug-likeness (QED) is 0.838. The van der Waals surface area contributed by atoms with Gasteiger partial charge in [0, 0.05) is 36.4 Å². The zero-order chi connectivity index (χ0) is 16.7. The van der Waals surface area contributed by atoms with Crippen molar-refractivity contribution in [3.63, 3.8) is 0 Å². The van der Waals surface area contributed by atoms with Crippen LogP contribution in [0.1, 0.15) is 31.7 Å². The summed E-state index contributed by atoms with van der Waals surface area (Å²) >= 11 is 1.94. The summed E-state index contributed by atoms with van der Waals surface area (Å²) < 4.78 is 0. The van der Waals surface area contributed by atoms with Gasteiger partial charge in [-0.2, -0.15) is 0 Å². The molecule has 1 fully saturated rings. The summed E-state index contributed by atoms with van der Waals surface area (Å²) in [5.41, 5.74) is 1.33. The molecule has 1 heterocycles. The maximum absolute atomic E-state index is 12.1. The molecule has 23 heavy (non-hydrogen) atoms. The first-order valence-electron chi connectivity index (χ1n) is 8.46. The van der Waals surface area contributed by atoms with E-state index in [0.717, 1.165) is 32.4 Å². The van der Waals surface area contributed by atoms with Crippen molar-refractivity contribution < 1.29 is 9.90 Å². The van der Waals surface area contributed by atoms with E-state index in [1.165, 1.54) is 10.5 Å². The number of hydrogen-bond donors (Lipinski definition) is 2. The molecule has 1 saturated heterocycles. The van der Waals surface area contributed by atoms with E-state index in [1.807, 2.05) is 23.6 Å². The number of nitrogens with one attached hydrogen (secondary N) is 1. The molecule has 1 aromatic carbocycles. The van der Waals surface area contributed by atoms with Crippen molar-refractivity contribution in [3.05, 3.63) is 29.8 Å². The number of piperidine rings is 1. The lowest BCUT2D eigenvalue weighted by molar-refractivity contribution is 0.185. The molecule has 1 aliphatic heterocycles. The molecule has 4 nitrogen and oxygen atoms in total. The van der Waals surface area contributed by atoms with Crippen LogP contribution in [0.25, 0.3) is 0 Å². The Labute approximate surface area is 143 Å². The number of urea groups is 1. The highest BCUT2D eigenvalue weighted by atomic mass is 32.2. The van der Waals surface area contributed by atoms with Crippen molar-refractivity contribution in [1.82, 2.24) is 10.2 Å². The number of nitrogens with zero attached hydrogens (tertiary/aromatic N) is 1. The number of carbonyl (C=O) groups excluding carboxylic acids is 1. The van der Waals surface area contributed by atoms with Gasteiger partial charge in [0.1, 0.15) is 0 Å². The van der Waals surface area contributed by atoms with E-state index >= 15 is 0 Å². The second kappa shape index (κ2) is 9.18. The first kappa shape index (κ1) is 18.1. The number of hydrogen-bond acceptors (Lipinski definition) is 3. The van der Waals surface area contributed by atoms with E-state index in [1.54, 1.807) is 0 Å². The summed E-state index contributed by atoms with van der Waals surface area (Å²) in [6.45, 7) is 6.60. The summed E-state index contributed by atoms with van der Waals surface area (Å²) in [5, 5.41) is 12.5. The highest BCUT2D eigenvalue weighted by Crippen LogP contribution is 2.32. The first-order chi connectivity index (χ1) is 11.1. The van der Waals surface area contributed by atoms with Crippen LogP contribution in [-0.4, -0.2) is 47.5 Å². The lowest BCUT2D eigenvalue weighted by Crippen LogP contribution is -2.45. The minimum atomic E-state index is 0.0366. The smallest absolute Gasteiger partial charge is 0.317 e. The zero-order valence-electron chi connectivity index (χ0n) is 14.1. The Morgan fingerprint density at radius 1 is 1.39 bits per heavy atom. The van der Waals surface area contributed by atoms with Crippen molar-refractivity contribution >= 4 is 17.8 Å². The third-order valence-corrected chi connectivity index (χ3v) is 5.86. The number of aryl methyl sites for hydroxylation is 1. The zero-order valence-corrected chi connectivity index (χ0v) is 14.9. The van der Waals surface area contributed by atoms with Crippen molar-refractivity contribution in [3.8, 4) is 0 Å². The third-order valence-electron chi connectivity index (χ3n) is 4.34. The molecule has 0 bridgehead atoms. The average molecular weight is 337 g/mol. The van der Waals surface area contributed by atoms with Gasteiger partial charge in [0.2, 0.25) is 0 Å². The van der Waals surface area contributed by atoms with Crippen LogP contribution in [0.3, 0.4) is 0 Å². The minimum absolute atomic E-state index is 0.0366. The molecule has 0 radical (unpaired) electrons. The standard InChI is InChI=1S/C18H28N2O2S/c1-14(13-21)7-10-19-18(22)20-11-8-16(9-12-20)23-17-6-4-3-5-15(17)2/h3-6,14,16,21H,7-13H2,1-2H3,(H,19,22)/t14-/m1/s1. The van der Waals surface area contributed by atoms with Gasteiger partial charge in [0.25, 0.3) is 0 Å². The monoisotopic (exact) mass is 336 g/mol. The molecule has 0 unspecified atom stereocenters. The fourth-order valence-corrected chi connectivity index (χ4v) is 3.89. The molecule has 128 valence electrons. The first-order valence-corrected chi connectivity index (χ1v) is 9.34. The Kier molecular flexibility index (Phi) is 7.24. The molecule has 0 spiro atoms. The summed E-state index contributed by atoms with van der Waals surface area (Å²) in [6, 6.07) is 8.53. The maximum Gasteiger partial charge on any atom is 0.317 e. The third kappa shape index (κ3) is 5.74. The molecular weight excluding hydrogens is 308 g/mol. The predicted octanol–water partition coefficient (Wildman–Crippen LogP) is 3.28. The number of thioether (sulfide) groups is 1. The Morgan fingerprint density at radius 3 is 2.74 bits per heavy atom. The Hall–Kier alpha value is -1.20. The van der Waals surface area contributed by atoms with Gasteiger partial charge in [0.15, 0.2) is 0 Å². The molecule has 2 amide bonds. The van der Waals surface area contributed by atoms with Crippen LogP contribution in [0.2, 0.25) is 0 Å². The highest BCUT2D eigenvalue weighted by Gasteiger charge is 2.23. The number of carbonyl (C=O) groups is 1. The molecule has 2 rings (SSSR count). The summed E-state index contributed by atoms with van der Waals surface area (Å²) in [6.07, 6.45) is 2.90. The van der Waals surface area contributed by atoms with E-state index < -0.39 is 0 Å². The number of amides is 2. The molecule has 1 atom stereocenters. The van der Waals surface area contributed by atoms with Gasteiger partial charge in [-0.05, 0) is 43.7 Å². The molecule has 0 aliphatic carbocycles. The lowest BCUT2D eigenvalue weighted by Gasteiger charge is -2.32. The number of aliphatic hydroxyl groups is 1. The van der Waals surface area contributed by atoms with Crippen LogP contribution in [0.15, 0.2) is 29.2 Å². The topological polar surface area (TPSA) is 52.6 Å². The molecule has 1 aromatic rings. The Bertz CT molecular complexity index is 502. The van der Waals surface area contributed by atoms with Gasteiger partial charge < -0.3 is 15.3 Å². The molecule has 5 heteroatoms. The van der Waals surface area contributed by atoms with Crippen LogP contribution in [0.4, 0.5) is 4.79 Å². The summed E-state index contributed by atoms with van der Waals surface area (Å²) in [7, 11) is 0. The minimum Gasteiger partial charge on any atom is -0.396 e. The fourth-order valence-electron chi connectivity index (χ4n) is 2.67. The maximum atomic E-state index is 12.1. The van der Waals surface area contributed by atoms with Crippen molar-refractivity contribution in [1.29, 1.82) is 0 Å². The highest BCUT2D eigenvalue weighted by molar-refractivity contribution is 8.00.